The van der Waals surface area contributed by atoms with Crippen LogP contribution in [-0.2, 0) is 16.4 Å². The molecule has 2 heterocycles. The topological polar surface area (TPSA) is 59.1 Å². The number of nitrogens with one attached hydrogen (secondary N) is 1. The number of rotatable bonds is 4. The number of pyridine rings is 1. The van der Waals surface area contributed by atoms with E-state index in [1.165, 1.54) is 23.6 Å². The van der Waals surface area contributed by atoms with E-state index in [2.05, 4.69) is 10.3 Å². The van der Waals surface area contributed by atoms with Crippen molar-refractivity contribution in [2.75, 3.05) is 11.6 Å². The van der Waals surface area contributed by atoms with Gasteiger partial charge in [-0.3, -0.25) is 0 Å². The summed E-state index contributed by atoms with van der Waals surface area (Å²) in [5.41, 5.74) is 0.770. The van der Waals surface area contributed by atoms with Crippen molar-refractivity contribution in [3.05, 3.63) is 39.7 Å². The summed E-state index contributed by atoms with van der Waals surface area (Å²) in [4.78, 5) is 5.00. The number of aromatic nitrogens is 1. The molecule has 0 unspecified atom stereocenters. The normalized spacial score (nSPS) is 11.4. The number of sulfone groups is 1. The van der Waals surface area contributed by atoms with Gasteiger partial charge in [-0.15, -0.1) is 11.3 Å². The lowest BCUT2D eigenvalue weighted by Gasteiger charge is -2.04. The van der Waals surface area contributed by atoms with Crippen LogP contribution in [0.25, 0.3) is 0 Å². The minimum atomic E-state index is -3.24. The highest BCUT2D eigenvalue weighted by atomic mass is 35.5. The maximum atomic E-state index is 11.2. The van der Waals surface area contributed by atoms with Crippen LogP contribution in [0.15, 0.2) is 35.5 Å². The third-order valence-corrected chi connectivity index (χ3v) is 4.44. The summed E-state index contributed by atoms with van der Waals surface area (Å²) in [6, 6.07) is 6.96. The molecule has 0 spiro atoms. The van der Waals surface area contributed by atoms with E-state index in [0.717, 1.165) is 21.2 Å². The van der Waals surface area contributed by atoms with E-state index in [9.17, 15) is 8.42 Å². The molecule has 0 aromatic carbocycles. The molecule has 0 amide bonds. The van der Waals surface area contributed by atoms with Crippen LogP contribution in [0.3, 0.4) is 0 Å². The van der Waals surface area contributed by atoms with Crippen molar-refractivity contribution >= 4 is 38.5 Å². The van der Waals surface area contributed by atoms with Gasteiger partial charge in [0, 0.05) is 17.7 Å². The molecule has 4 nitrogen and oxygen atoms in total. The van der Waals surface area contributed by atoms with Crippen LogP contribution in [0, 0.1) is 0 Å². The highest BCUT2D eigenvalue weighted by Crippen LogP contribution is 2.22. The quantitative estimate of drug-likeness (QED) is 0.943. The van der Waals surface area contributed by atoms with Gasteiger partial charge in [-0.2, -0.15) is 0 Å². The van der Waals surface area contributed by atoms with Crippen LogP contribution in [0.1, 0.15) is 4.88 Å². The molecule has 0 saturated carbocycles. The smallest absolute Gasteiger partial charge is 0.192 e. The Hall–Kier alpha value is -1.11. The van der Waals surface area contributed by atoms with Gasteiger partial charge < -0.3 is 5.32 Å². The standard InChI is InChI=1S/C11H11ClN2O2S2/c1-18(15,16)11-5-2-8(6-14-11)13-7-9-3-4-10(12)17-9/h2-6,13H,7H2,1H3. The fourth-order valence-corrected chi connectivity index (χ4v) is 2.93. The third-order valence-electron chi connectivity index (χ3n) is 2.21. The maximum Gasteiger partial charge on any atom is 0.192 e. The number of thiophene rings is 1. The van der Waals surface area contributed by atoms with Crippen molar-refractivity contribution in [2.45, 2.75) is 11.6 Å². The molecule has 96 valence electrons. The second kappa shape index (κ2) is 5.26. The van der Waals surface area contributed by atoms with Crippen LogP contribution in [0.4, 0.5) is 5.69 Å². The minimum absolute atomic E-state index is 0.0761. The van der Waals surface area contributed by atoms with Gasteiger partial charge in [0.15, 0.2) is 14.9 Å². The molecule has 0 saturated heterocycles. The molecule has 2 aromatic heterocycles. The van der Waals surface area contributed by atoms with E-state index in [-0.39, 0.29) is 5.03 Å². The fourth-order valence-electron chi connectivity index (χ4n) is 1.34. The van der Waals surface area contributed by atoms with Gasteiger partial charge in [0.2, 0.25) is 0 Å². The lowest BCUT2D eigenvalue weighted by molar-refractivity contribution is 0.598. The van der Waals surface area contributed by atoms with Gasteiger partial charge in [0.1, 0.15) is 0 Å². The van der Waals surface area contributed by atoms with Crippen molar-refractivity contribution < 1.29 is 8.42 Å². The number of anilines is 1. The average Bonchev–Trinajstić information content (AvgIpc) is 2.72. The zero-order valence-electron chi connectivity index (χ0n) is 9.55. The fraction of sp³-hybridized carbons (Fsp3) is 0.182. The zero-order chi connectivity index (χ0) is 13.2. The maximum absolute atomic E-state index is 11.2. The Balaban J connectivity index is 2.03. The summed E-state index contributed by atoms with van der Waals surface area (Å²) >= 11 is 7.33. The van der Waals surface area contributed by atoms with Crippen molar-refractivity contribution in [3.63, 3.8) is 0 Å². The van der Waals surface area contributed by atoms with E-state index < -0.39 is 9.84 Å². The Bertz CT molecular complexity index is 635. The van der Waals surface area contributed by atoms with E-state index in [1.807, 2.05) is 12.1 Å². The highest BCUT2D eigenvalue weighted by Gasteiger charge is 2.07. The van der Waals surface area contributed by atoms with E-state index in [4.69, 9.17) is 11.6 Å². The molecular weight excluding hydrogens is 292 g/mol. The lowest BCUT2D eigenvalue weighted by atomic mass is 10.4. The van der Waals surface area contributed by atoms with Crippen LogP contribution in [-0.4, -0.2) is 19.7 Å². The third kappa shape index (κ3) is 3.44. The average molecular weight is 303 g/mol. The summed E-state index contributed by atoms with van der Waals surface area (Å²) in [5.74, 6) is 0. The van der Waals surface area contributed by atoms with Crippen molar-refractivity contribution in [1.82, 2.24) is 4.98 Å². The Morgan fingerprint density at radius 3 is 2.61 bits per heavy atom. The highest BCUT2D eigenvalue weighted by molar-refractivity contribution is 7.90. The molecule has 0 radical (unpaired) electrons. The summed E-state index contributed by atoms with van der Waals surface area (Å²) in [7, 11) is -3.24. The van der Waals surface area contributed by atoms with Crippen LogP contribution >= 0.6 is 22.9 Å². The first-order valence-electron chi connectivity index (χ1n) is 5.09. The summed E-state index contributed by atoms with van der Waals surface area (Å²) in [6.07, 6.45) is 2.64. The van der Waals surface area contributed by atoms with Gasteiger partial charge in [-0.25, -0.2) is 13.4 Å². The van der Waals surface area contributed by atoms with Gasteiger partial charge in [-0.1, -0.05) is 11.6 Å². The van der Waals surface area contributed by atoms with Crippen LogP contribution < -0.4 is 5.32 Å². The molecule has 0 aliphatic rings. The second-order valence-corrected chi connectivity index (χ2v) is 7.48. The SMILES string of the molecule is CS(=O)(=O)c1ccc(NCc2ccc(Cl)s2)cn1. The summed E-state index contributed by atoms with van der Waals surface area (Å²) in [6.45, 7) is 0.636. The molecule has 0 aliphatic heterocycles. The van der Waals surface area contributed by atoms with Gasteiger partial charge >= 0.3 is 0 Å². The molecule has 2 aromatic rings. The Kier molecular flexibility index (Phi) is 3.89. The van der Waals surface area contributed by atoms with Crippen LogP contribution in [0.2, 0.25) is 4.34 Å². The zero-order valence-corrected chi connectivity index (χ0v) is 11.9. The van der Waals surface area contributed by atoms with E-state index >= 15 is 0 Å². The first kappa shape index (κ1) is 13.3. The van der Waals surface area contributed by atoms with Gasteiger partial charge in [0.25, 0.3) is 0 Å². The molecule has 7 heteroatoms. The van der Waals surface area contributed by atoms with E-state index in [1.54, 1.807) is 6.07 Å². The first-order valence-corrected chi connectivity index (χ1v) is 8.18. The summed E-state index contributed by atoms with van der Waals surface area (Å²) < 4.78 is 23.2. The first-order chi connectivity index (χ1) is 8.45. The lowest BCUT2D eigenvalue weighted by Crippen LogP contribution is -2.02. The number of nitrogens with zero attached hydrogens (tertiary/aromatic N) is 1. The molecular formula is C11H11ClN2O2S2. The molecule has 0 aliphatic carbocycles. The van der Waals surface area contributed by atoms with Gasteiger partial charge in [0.05, 0.1) is 16.2 Å². The van der Waals surface area contributed by atoms with Crippen molar-refractivity contribution in [1.29, 1.82) is 0 Å². The van der Waals surface area contributed by atoms with Crippen LogP contribution in [0.5, 0.6) is 0 Å². The molecule has 0 fully saturated rings. The van der Waals surface area contributed by atoms with Crippen molar-refractivity contribution in [3.8, 4) is 0 Å². The molecule has 0 atom stereocenters. The Morgan fingerprint density at radius 1 is 1.33 bits per heavy atom. The largest absolute Gasteiger partial charge is 0.379 e. The molecule has 0 bridgehead atoms. The molecule has 2 rings (SSSR count). The number of hydrogen-bond acceptors (Lipinski definition) is 5. The van der Waals surface area contributed by atoms with Crippen molar-refractivity contribution in [2.24, 2.45) is 0 Å². The predicted octanol–water partition coefficient (Wildman–Crippen LogP) is 2.81. The Morgan fingerprint density at radius 2 is 2.11 bits per heavy atom. The van der Waals surface area contributed by atoms with E-state index in [0.29, 0.717) is 6.54 Å². The van der Waals surface area contributed by atoms with Gasteiger partial charge in [-0.05, 0) is 24.3 Å². The summed E-state index contributed by atoms with van der Waals surface area (Å²) in [5, 5.41) is 3.22. The minimum Gasteiger partial charge on any atom is -0.379 e. The number of halogens is 1. The number of hydrogen-bond donors (Lipinski definition) is 1. The monoisotopic (exact) mass is 302 g/mol. The second-order valence-electron chi connectivity index (χ2n) is 3.72. The Labute approximate surface area is 115 Å². The predicted molar refractivity (Wildman–Crippen MR) is 74.0 cm³/mol. The molecule has 18 heavy (non-hydrogen) atoms. The molecule has 1 N–H and O–H groups in total.